The second-order valence-corrected chi connectivity index (χ2v) is 13.2. The van der Waals surface area contributed by atoms with Gasteiger partial charge in [-0.3, -0.25) is 9.59 Å². The fourth-order valence-corrected chi connectivity index (χ4v) is 6.81. The van der Waals surface area contributed by atoms with E-state index in [1.54, 1.807) is 13.0 Å². The van der Waals surface area contributed by atoms with Crippen molar-refractivity contribution >= 4 is 45.5 Å². The van der Waals surface area contributed by atoms with Crippen molar-refractivity contribution in [1.82, 2.24) is 0 Å². The van der Waals surface area contributed by atoms with Gasteiger partial charge in [-0.25, -0.2) is 0 Å². The standard InChI is InChI=1S/C50H46N2O2.C2H6/c1-5-21-38(22-6-2)41-33-42(39-23-13-7-8-14-24-39)35-45(34-41)52(49-30-20-12-19-29-46(49)37(3)53)44-31-32-48(51(4)43-27-17-11-18-28-43)47(36-44)50(54)40-25-15-9-10-16-26-40;1-2/h5-7,9-18,20-25,27-36H,1,8,19,26H2,2-4H3;1-2H3/b22-6-,38-21+;. The molecule has 0 amide bonds. The van der Waals surface area contributed by atoms with Gasteiger partial charge in [0.25, 0.3) is 0 Å². The molecule has 0 radical (unpaired) electrons. The molecule has 0 aromatic heterocycles. The number of ketones is 2. The normalized spacial score (nSPS) is 15.0. The van der Waals surface area contributed by atoms with Crippen molar-refractivity contribution in [1.29, 1.82) is 0 Å². The summed E-state index contributed by atoms with van der Waals surface area (Å²) < 4.78 is 0. The molecule has 0 aliphatic heterocycles. The van der Waals surface area contributed by atoms with Gasteiger partial charge in [0.05, 0.1) is 11.4 Å². The number of hydrogen-bond acceptors (Lipinski definition) is 4. The Balaban J connectivity index is 0.00000295. The van der Waals surface area contributed by atoms with Gasteiger partial charge >= 0.3 is 0 Å². The van der Waals surface area contributed by atoms with Crippen LogP contribution in [0.3, 0.4) is 0 Å². The van der Waals surface area contributed by atoms with Crippen molar-refractivity contribution in [3.8, 4) is 0 Å². The van der Waals surface area contributed by atoms with E-state index in [9.17, 15) is 9.59 Å². The van der Waals surface area contributed by atoms with Gasteiger partial charge in [0.1, 0.15) is 0 Å². The lowest BCUT2D eigenvalue weighted by Gasteiger charge is -2.31. The monoisotopic (exact) mass is 736 g/mol. The number of rotatable bonds is 12. The topological polar surface area (TPSA) is 40.6 Å². The van der Waals surface area contributed by atoms with Gasteiger partial charge in [-0.15, -0.1) is 0 Å². The van der Waals surface area contributed by atoms with E-state index >= 15 is 0 Å². The molecule has 3 aliphatic carbocycles. The van der Waals surface area contributed by atoms with Crippen LogP contribution in [0.15, 0.2) is 200 Å². The summed E-state index contributed by atoms with van der Waals surface area (Å²) in [5.41, 5.74) is 10.0. The molecule has 3 aliphatic rings. The van der Waals surface area contributed by atoms with Gasteiger partial charge in [-0.1, -0.05) is 142 Å². The Hall–Kier alpha value is -6.52. The molecule has 0 fully saturated rings. The van der Waals surface area contributed by atoms with Crippen LogP contribution >= 0.6 is 0 Å². The molecule has 3 aromatic carbocycles. The largest absolute Gasteiger partial charge is 0.344 e. The highest BCUT2D eigenvalue weighted by Gasteiger charge is 2.26. The molecular formula is C52H52N2O2. The van der Waals surface area contributed by atoms with Crippen LogP contribution in [0.4, 0.5) is 22.7 Å². The van der Waals surface area contributed by atoms with Crippen LogP contribution in [-0.2, 0) is 4.79 Å². The quantitative estimate of drug-likeness (QED) is 0.137. The van der Waals surface area contributed by atoms with E-state index < -0.39 is 0 Å². The van der Waals surface area contributed by atoms with E-state index in [4.69, 9.17) is 0 Å². The summed E-state index contributed by atoms with van der Waals surface area (Å²) in [5, 5.41) is 0. The number of para-hydroxylation sites is 1. The summed E-state index contributed by atoms with van der Waals surface area (Å²) in [6, 6.07) is 22.6. The minimum absolute atomic E-state index is 0.0362. The second-order valence-electron chi connectivity index (χ2n) is 13.2. The van der Waals surface area contributed by atoms with Crippen LogP contribution < -0.4 is 9.80 Å². The summed E-state index contributed by atoms with van der Waals surface area (Å²) in [6.07, 6.45) is 38.4. The number of carbonyl (C=O) groups excluding carboxylic acids is 2. The number of anilines is 4. The van der Waals surface area contributed by atoms with E-state index in [2.05, 4.69) is 71.0 Å². The lowest BCUT2D eigenvalue weighted by Crippen LogP contribution is -2.22. The van der Waals surface area contributed by atoms with E-state index in [1.165, 1.54) is 0 Å². The molecule has 6 rings (SSSR count). The summed E-state index contributed by atoms with van der Waals surface area (Å²) >= 11 is 0. The number of allylic oxidation sites excluding steroid dienone is 22. The van der Waals surface area contributed by atoms with Gasteiger partial charge in [-0.05, 0) is 110 Å². The Morgan fingerprint density at radius 2 is 1.55 bits per heavy atom. The van der Waals surface area contributed by atoms with Crippen molar-refractivity contribution in [3.63, 3.8) is 0 Å². The molecule has 0 atom stereocenters. The number of nitrogens with zero attached hydrogens (tertiary/aromatic N) is 2. The lowest BCUT2D eigenvalue weighted by molar-refractivity contribution is -0.113. The summed E-state index contributed by atoms with van der Waals surface area (Å²) in [5.74, 6) is -0.0898. The molecule has 0 unspecified atom stereocenters. The van der Waals surface area contributed by atoms with Gasteiger partial charge in [0.2, 0.25) is 0 Å². The van der Waals surface area contributed by atoms with Crippen LogP contribution in [0.2, 0.25) is 0 Å². The third-order valence-corrected chi connectivity index (χ3v) is 9.49. The average Bonchev–Trinajstić information content (AvgIpc) is 3.78. The fourth-order valence-electron chi connectivity index (χ4n) is 6.81. The molecule has 56 heavy (non-hydrogen) atoms. The highest BCUT2D eigenvalue weighted by atomic mass is 16.1. The zero-order valence-electron chi connectivity index (χ0n) is 33.3. The lowest BCUT2D eigenvalue weighted by atomic mass is 9.94. The van der Waals surface area contributed by atoms with Crippen LogP contribution in [0.1, 0.15) is 68.4 Å². The molecule has 0 saturated carbocycles. The first-order valence-electron chi connectivity index (χ1n) is 19.4. The molecule has 0 bridgehead atoms. The summed E-state index contributed by atoms with van der Waals surface area (Å²) in [4.78, 5) is 32.3. The zero-order valence-corrected chi connectivity index (χ0v) is 33.3. The molecule has 0 saturated heterocycles. The second kappa shape index (κ2) is 20.2. The highest BCUT2D eigenvalue weighted by molar-refractivity contribution is 6.14. The van der Waals surface area contributed by atoms with Crippen molar-refractivity contribution in [2.75, 3.05) is 16.8 Å². The molecule has 4 nitrogen and oxygen atoms in total. The third-order valence-electron chi connectivity index (χ3n) is 9.49. The smallest absolute Gasteiger partial charge is 0.191 e. The number of hydrogen-bond donors (Lipinski definition) is 0. The minimum Gasteiger partial charge on any atom is -0.344 e. The van der Waals surface area contributed by atoms with Crippen molar-refractivity contribution < 1.29 is 9.59 Å². The molecule has 0 spiro atoms. The van der Waals surface area contributed by atoms with Crippen LogP contribution in [0.25, 0.3) is 11.1 Å². The molecule has 0 heterocycles. The van der Waals surface area contributed by atoms with Gasteiger partial charge < -0.3 is 9.80 Å². The van der Waals surface area contributed by atoms with E-state index in [1.807, 2.05) is 143 Å². The van der Waals surface area contributed by atoms with Crippen molar-refractivity contribution in [2.24, 2.45) is 0 Å². The minimum atomic E-state index is -0.0536. The first-order chi connectivity index (χ1) is 27.4. The predicted molar refractivity (Wildman–Crippen MR) is 241 cm³/mol. The summed E-state index contributed by atoms with van der Waals surface area (Å²) in [6.45, 7) is 11.6. The molecule has 4 heteroatoms. The number of benzene rings is 3. The van der Waals surface area contributed by atoms with Gasteiger partial charge in [-0.2, -0.15) is 0 Å². The maximum atomic E-state index is 14.7. The summed E-state index contributed by atoms with van der Waals surface area (Å²) in [7, 11) is 1.99. The predicted octanol–water partition coefficient (Wildman–Crippen LogP) is 13.6. The Labute approximate surface area is 334 Å². The van der Waals surface area contributed by atoms with Crippen molar-refractivity contribution in [3.05, 3.63) is 216 Å². The SMILES string of the molecule is C=C/C=C(\C=C/C)c1cc(C2=CC=CCC=C2)cc(N(C2=CC=CCC=C2C(C)=O)c2ccc(N(C)c3ccccc3)c(C(=O)C3=CC=CC=CC3)c2)c1.CC. The Bertz CT molecular complexity index is 2260. The maximum absolute atomic E-state index is 14.7. The van der Waals surface area contributed by atoms with Gasteiger partial charge in [0, 0.05) is 40.8 Å². The molecule has 3 aromatic rings. The van der Waals surface area contributed by atoms with Gasteiger partial charge in [0.15, 0.2) is 11.6 Å². The highest BCUT2D eigenvalue weighted by Crippen LogP contribution is 2.41. The van der Waals surface area contributed by atoms with Crippen LogP contribution in [-0.4, -0.2) is 18.6 Å². The Morgan fingerprint density at radius 3 is 2.32 bits per heavy atom. The molecule has 282 valence electrons. The van der Waals surface area contributed by atoms with Crippen LogP contribution in [0.5, 0.6) is 0 Å². The Kier molecular flexibility index (Phi) is 14.7. The fraction of sp³-hybridized carbons (Fsp3) is 0.154. The first-order valence-corrected chi connectivity index (χ1v) is 19.4. The maximum Gasteiger partial charge on any atom is 0.191 e. The van der Waals surface area contributed by atoms with Crippen LogP contribution in [0, 0.1) is 0 Å². The average molecular weight is 737 g/mol. The number of Topliss-reactive ketones (excluding diaryl/α,β-unsaturated/α-hetero) is 2. The van der Waals surface area contributed by atoms with E-state index in [0.29, 0.717) is 29.6 Å². The zero-order chi connectivity index (χ0) is 39.9. The van der Waals surface area contributed by atoms with E-state index in [-0.39, 0.29) is 11.6 Å². The first kappa shape index (κ1) is 40.7. The molecule has 0 N–H and O–H groups in total. The van der Waals surface area contributed by atoms with Crippen molar-refractivity contribution in [2.45, 2.75) is 47.0 Å². The molecular weight excluding hydrogens is 685 g/mol. The third kappa shape index (κ3) is 9.77. The Morgan fingerprint density at radius 1 is 0.768 bits per heavy atom. The van der Waals surface area contributed by atoms with E-state index in [0.717, 1.165) is 57.1 Å². The number of carbonyl (C=O) groups is 2.